The smallest absolute Gasteiger partial charge is 0.256 e. The lowest BCUT2D eigenvalue weighted by Gasteiger charge is -2.31. The van der Waals surface area contributed by atoms with Crippen LogP contribution in [0.2, 0.25) is 0 Å². The van der Waals surface area contributed by atoms with E-state index in [0.29, 0.717) is 12.0 Å². The number of thioether (sulfide) groups is 1. The maximum Gasteiger partial charge on any atom is 0.256 e. The lowest BCUT2D eigenvalue weighted by atomic mass is 9.99. The molecule has 3 aliphatic rings. The van der Waals surface area contributed by atoms with Crippen LogP contribution in [0.15, 0.2) is 54.7 Å². The first kappa shape index (κ1) is 22.2. The molecule has 0 spiro atoms. The number of hydrogen-bond acceptors (Lipinski definition) is 4. The van der Waals surface area contributed by atoms with Gasteiger partial charge in [0.15, 0.2) is 0 Å². The number of rotatable bonds is 6. The first-order chi connectivity index (χ1) is 16.8. The number of amides is 3. The van der Waals surface area contributed by atoms with Crippen LogP contribution in [0.3, 0.4) is 0 Å². The van der Waals surface area contributed by atoms with E-state index in [9.17, 15) is 14.4 Å². The van der Waals surface area contributed by atoms with E-state index in [-0.39, 0.29) is 29.1 Å². The molecule has 3 aromatic rings. The van der Waals surface area contributed by atoms with E-state index in [1.165, 1.54) is 0 Å². The van der Waals surface area contributed by atoms with Crippen molar-refractivity contribution in [2.45, 2.75) is 61.4 Å². The molecule has 2 aliphatic heterocycles. The second-order valence-electron chi connectivity index (χ2n) is 10.2. The van der Waals surface area contributed by atoms with Crippen molar-refractivity contribution in [2.75, 3.05) is 0 Å². The van der Waals surface area contributed by atoms with Crippen LogP contribution >= 0.6 is 11.8 Å². The van der Waals surface area contributed by atoms with E-state index in [1.54, 1.807) is 16.7 Å². The number of nitrogens with zero attached hydrogens (tertiary/aromatic N) is 1. The van der Waals surface area contributed by atoms with Gasteiger partial charge in [-0.15, -0.1) is 11.8 Å². The van der Waals surface area contributed by atoms with Gasteiger partial charge in [-0.05, 0) is 49.9 Å². The fourth-order valence-corrected chi connectivity index (χ4v) is 6.90. The van der Waals surface area contributed by atoms with Gasteiger partial charge >= 0.3 is 0 Å². The predicted molar refractivity (Wildman–Crippen MR) is 136 cm³/mol. The Morgan fingerprint density at radius 3 is 2.69 bits per heavy atom. The number of nitrogens with one attached hydrogen (secondary N) is 3. The summed E-state index contributed by atoms with van der Waals surface area (Å²) in [5.41, 5.74) is 3.57. The zero-order valence-corrected chi connectivity index (χ0v) is 20.5. The quantitative estimate of drug-likeness (QED) is 0.495. The molecular formula is C27H28N4O3S. The van der Waals surface area contributed by atoms with E-state index in [2.05, 4.69) is 15.6 Å². The lowest BCUT2D eigenvalue weighted by Crippen LogP contribution is -2.57. The van der Waals surface area contributed by atoms with Crippen molar-refractivity contribution in [3.63, 3.8) is 0 Å². The third-order valence-corrected chi connectivity index (χ3v) is 8.74. The Hall–Kier alpha value is -3.26. The third-order valence-electron chi connectivity index (χ3n) is 7.20. The molecule has 3 atom stereocenters. The summed E-state index contributed by atoms with van der Waals surface area (Å²) in [6, 6.07) is 14.3. The normalized spacial score (nSPS) is 23.1. The van der Waals surface area contributed by atoms with E-state index >= 15 is 0 Å². The zero-order chi connectivity index (χ0) is 24.3. The molecular weight excluding hydrogens is 460 g/mol. The molecule has 0 bridgehead atoms. The third kappa shape index (κ3) is 3.80. The fraction of sp³-hybridized carbons (Fsp3) is 0.370. The minimum atomic E-state index is -0.734. The van der Waals surface area contributed by atoms with Gasteiger partial charge in [0.05, 0.1) is 0 Å². The Labute approximate surface area is 208 Å². The first-order valence-corrected chi connectivity index (χ1v) is 13.0. The second-order valence-corrected chi connectivity index (χ2v) is 11.9. The van der Waals surface area contributed by atoms with Gasteiger partial charge < -0.3 is 20.5 Å². The van der Waals surface area contributed by atoms with E-state index < -0.39 is 16.8 Å². The molecule has 1 saturated heterocycles. The Morgan fingerprint density at radius 2 is 1.89 bits per heavy atom. The SMILES string of the molecule is CC1(C)S[C@@H]2c3ccccc3C(=O)N2[C@@H]1C(=O)N[C@@H](Cc1c[nH]c2ccccc12)C(=O)NC1CC1. The highest BCUT2D eigenvalue weighted by atomic mass is 32.2. The zero-order valence-electron chi connectivity index (χ0n) is 19.7. The molecule has 35 heavy (non-hydrogen) atoms. The molecule has 6 rings (SSSR count). The standard InChI is InChI=1S/C27H28N4O3S/c1-27(2)22(31-25(34)18-8-3-4-9-19(18)26(31)35-27)24(33)30-21(23(32)29-16-11-12-16)13-15-14-28-20-10-6-5-7-17(15)20/h3-10,14,16,21-22,26,28H,11-13H2,1-2H3,(H,29,32)(H,30,33)/t21-,22+,26+/m0/s1. The number of H-pyrrole nitrogens is 1. The molecule has 7 nitrogen and oxygen atoms in total. The van der Waals surface area contributed by atoms with Crippen LogP contribution in [0.1, 0.15) is 53.5 Å². The summed E-state index contributed by atoms with van der Waals surface area (Å²) in [5.74, 6) is -0.594. The minimum Gasteiger partial charge on any atom is -0.361 e. The average molecular weight is 489 g/mol. The largest absolute Gasteiger partial charge is 0.361 e. The monoisotopic (exact) mass is 488 g/mol. The first-order valence-electron chi connectivity index (χ1n) is 12.1. The molecule has 1 aromatic heterocycles. The number of benzene rings is 2. The van der Waals surface area contributed by atoms with Crippen molar-refractivity contribution >= 4 is 40.4 Å². The van der Waals surface area contributed by atoms with Crippen LogP contribution in [0.5, 0.6) is 0 Å². The molecule has 3 N–H and O–H groups in total. The number of fused-ring (bicyclic) bond motifs is 4. The highest BCUT2D eigenvalue weighted by Gasteiger charge is 2.57. The van der Waals surface area contributed by atoms with Crippen molar-refractivity contribution in [1.29, 1.82) is 0 Å². The molecule has 3 amide bonds. The summed E-state index contributed by atoms with van der Waals surface area (Å²) < 4.78 is -0.504. The van der Waals surface area contributed by atoms with Gasteiger partial charge in [-0.1, -0.05) is 36.4 Å². The summed E-state index contributed by atoms with van der Waals surface area (Å²) in [7, 11) is 0. The minimum absolute atomic E-state index is 0.126. The molecule has 0 radical (unpaired) electrons. The number of hydrogen-bond donors (Lipinski definition) is 3. The van der Waals surface area contributed by atoms with Crippen molar-refractivity contribution in [1.82, 2.24) is 20.5 Å². The second kappa shape index (κ2) is 8.16. The van der Waals surface area contributed by atoms with Gasteiger partial charge in [0.1, 0.15) is 17.5 Å². The van der Waals surface area contributed by atoms with Gasteiger partial charge in [0.25, 0.3) is 5.91 Å². The maximum absolute atomic E-state index is 13.8. The van der Waals surface area contributed by atoms with Crippen LogP contribution < -0.4 is 10.6 Å². The number of aromatic amines is 1. The van der Waals surface area contributed by atoms with Crippen molar-refractivity contribution < 1.29 is 14.4 Å². The Bertz CT molecular complexity index is 1340. The topological polar surface area (TPSA) is 94.3 Å². The number of carbonyl (C=O) groups is 3. The van der Waals surface area contributed by atoms with Gasteiger partial charge in [-0.3, -0.25) is 14.4 Å². The Morgan fingerprint density at radius 1 is 1.14 bits per heavy atom. The summed E-state index contributed by atoms with van der Waals surface area (Å²) in [6.45, 7) is 3.99. The number of carbonyl (C=O) groups excluding carboxylic acids is 3. The van der Waals surface area contributed by atoms with Crippen molar-refractivity contribution in [3.05, 3.63) is 71.4 Å². The van der Waals surface area contributed by atoms with Gasteiger partial charge in [-0.2, -0.15) is 0 Å². The number of aromatic nitrogens is 1. The van der Waals surface area contributed by atoms with Gasteiger partial charge in [0, 0.05) is 39.9 Å². The Balaban J connectivity index is 1.28. The summed E-state index contributed by atoms with van der Waals surface area (Å²) >= 11 is 1.62. The molecule has 0 unspecified atom stereocenters. The molecule has 8 heteroatoms. The van der Waals surface area contributed by atoms with Crippen LogP contribution in [-0.2, 0) is 16.0 Å². The number of para-hydroxylation sites is 1. The van der Waals surface area contributed by atoms with Gasteiger partial charge in [0.2, 0.25) is 11.8 Å². The van der Waals surface area contributed by atoms with E-state index in [1.807, 2.05) is 68.6 Å². The maximum atomic E-state index is 13.8. The highest BCUT2D eigenvalue weighted by molar-refractivity contribution is 8.01. The predicted octanol–water partition coefficient (Wildman–Crippen LogP) is 3.52. The molecule has 1 aliphatic carbocycles. The molecule has 1 saturated carbocycles. The fourth-order valence-electron chi connectivity index (χ4n) is 5.31. The van der Waals surface area contributed by atoms with Crippen LogP contribution in [0.25, 0.3) is 10.9 Å². The average Bonchev–Trinajstić information content (AvgIpc) is 3.41. The Kier molecular flexibility index (Phi) is 5.18. The highest BCUT2D eigenvalue weighted by Crippen LogP contribution is 2.56. The van der Waals surface area contributed by atoms with Gasteiger partial charge in [-0.25, -0.2) is 0 Å². The van der Waals surface area contributed by atoms with Crippen molar-refractivity contribution in [3.8, 4) is 0 Å². The van der Waals surface area contributed by atoms with E-state index in [4.69, 9.17) is 0 Å². The molecule has 180 valence electrons. The molecule has 2 aromatic carbocycles. The van der Waals surface area contributed by atoms with E-state index in [0.717, 1.165) is 34.9 Å². The molecule has 3 heterocycles. The van der Waals surface area contributed by atoms with Crippen molar-refractivity contribution in [2.24, 2.45) is 0 Å². The summed E-state index contributed by atoms with van der Waals surface area (Å²) in [5, 5.41) is 6.93. The van der Waals surface area contributed by atoms with Crippen LogP contribution in [-0.4, -0.2) is 50.5 Å². The summed E-state index contributed by atoms with van der Waals surface area (Å²) in [4.78, 5) is 45.3. The van der Waals surface area contributed by atoms with Crippen LogP contribution in [0.4, 0.5) is 0 Å². The molecule has 2 fully saturated rings. The summed E-state index contributed by atoms with van der Waals surface area (Å²) in [6.07, 6.45) is 4.20. The lowest BCUT2D eigenvalue weighted by molar-refractivity contribution is -0.131. The van der Waals surface area contributed by atoms with Crippen LogP contribution in [0, 0.1) is 0 Å².